The van der Waals surface area contributed by atoms with Crippen molar-refractivity contribution in [2.45, 2.75) is 59.3 Å². The van der Waals surface area contributed by atoms with Gasteiger partial charge in [0, 0.05) is 12.3 Å². The molecule has 1 heteroatoms. The number of Topliss-reactive ketones (excluding diaryl/α,β-unsaturated/α-hetero) is 1. The van der Waals surface area contributed by atoms with Crippen LogP contribution in [0.5, 0.6) is 0 Å². The fourth-order valence-electron chi connectivity index (χ4n) is 5.49. The minimum Gasteiger partial charge on any atom is -0.299 e. The van der Waals surface area contributed by atoms with Crippen LogP contribution < -0.4 is 0 Å². The lowest BCUT2D eigenvalue weighted by atomic mass is 9.54. The molecule has 3 aliphatic rings. The monoisotopic (exact) mass is 248 g/mol. The molecule has 0 aromatic carbocycles. The van der Waals surface area contributed by atoms with Crippen molar-refractivity contribution in [3.63, 3.8) is 0 Å². The summed E-state index contributed by atoms with van der Waals surface area (Å²) in [6.07, 6.45) is 7.74. The van der Waals surface area contributed by atoms with E-state index in [1.54, 1.807) is 0 Å². The standard InChI is InChI=1S/C17H28O/c1-10-4-6-14-11(2)5-7-15-12(3)16(18)9-13(8-10)17(14)15/h10-15,17H,4-9H2,1-3H3. The van der Waals surface area contributed by atoms with Crippen molar-refractivity contribution >= 4 is 5.78 Å². The van der Waals surface area contributed by atoms with Crippen LogP contribution in [0.4, 0.5) is 0 Å². The van der Waals surface area contributed by atoms with E-state index in [0.29, 0.717) is 11.7 Å². The molecular formula is C17H28O. The Bertz CT molecular complexity index is 335. The fourth-order valence-corrected chi connectivity index (χ4v) is 5.49. The minimum absolute atomic E-state index is 0.356. The highest BCUT2D eigenvalue weighted by atomic mass is 16.1. The van der Waals surface area contributed by atoms with Crippen molar-refractivity contribution in [3.05, 3.63) is 0 Å². The average Bonchev–Trinajstić information content (AvgIpc) is 2.49. The first-order valence-corrected chi connectivity index (χ1v) is 8.10. The van der Waals surface area contributed by atoms with E-state index in [0.717, 1.165) is 41.9 Å². The van der Waals surface area contributed by atoms with E-state index in [-0.39, 0.29) is 0 Å². The van der Waals surface area contributed by atoms with E-state index in [2.05, 4.69) is 20.8 Å². The van der Waals surface area contributed by atoms with Crippen LogP contribution in [0.2, 0.25) is 0 Å². The minimum atomic E-state index is 0.356. The van der Waals surface area contributed by atoms with Crippen molar-refractivity contribution in [1.82, 2.24) is 0 Å². The highest BCUT2D eigenvalue weighted by Gasteiger charge is 2.49. The number of hydrogen-bond donors (Lipinski definition) is 0. The van der Waals surface area contributed by atoms with Gasteiger partial charge in [-0.2, -0.15) is 0 Å². The van der Waals surface area contributed by atoms with Gasteiger partial charge in [0.2, 0.25) is 0 Å². The molecule has 3 rings (SSSR count). The van der Waals surface area contributed by atoms with Crippen LogP contribution in [0, 0.1) is 41.4 Å². The molecule has 0 aromatic rings. The van der Waals surface area contributed by atoms with Gasteiger partial charge in [0.25, 0.3) is 0 Å². The summed E-state index contributed by atoms with van der Waals surface area (Å²) in [6.45, 7) is 7.08. The van der Waals surface area contributed by atoms with Crippen molar-refractivity contribution < 1.29 is 4.79 Å². The molecule has 0 radical (unpaired) electrons. The number of carbonyl (C=O) groups is 1. The Kier molecular flexibility index (Phi) is 3.28. The molecule has 0 aromatic heterocycles. The van der Waals surface area contributed by atoms with Crippen LogP contribution in [0.3, 0.4) is 0 Å². The van der Waals surface area contributed by atoms with Crippen LogP contribution in [-0.2, 0) is 4.79 Å². The van der Waals surface area contributed by atoms with Gasteiger partial charge in [0.05, 0.1) is 0 Å². The van der Waals surface area contributed by atoms with E-state index < -0.39 is 0 Å². The van der Waals surface area contributed by atoms with Gasteiger partial charge in [-0.3, -0.25) is 4.79 Å². The first kappa shape index (κ1) is 12.7. The molecule has 7 unspecified atom stereocenters. The zero-order valence-electron chi connectivity index (χ0n) is 12.2. The molecule has 3 fully saturated rings. The highest BCUT2D eigenvalue weighted by molar-refractivity contribution is 5.82. The Labute approximate surface area is 112 Å². The van der Waals surface area contributed by atoms with Crippen LogP contribution in [0.1, 0.15) is 59.3 Å². The molecule has 0 spiro atoms. The van der Waals surface area contributed by atoms with Crippen LogP contribution in [0.25, 0.3) is 0 Å². The van der Waals surface area contributed by atoms with E-state index in [9.17, 15) is 4.79 Å². The molecule has 0 aliphatic heterocycles. The summed E-state index contributed by atoms with van der Waals surface area (Å²) in [7, 11) is 0. The van der Waals surface area contributed by atoms with E-state index in [1.165, 1.54) is 32.1 Å². The summed E-state index contributed by atoms with van der Waals surface area (Å²) < 4.78 is 0. The lowest BCUT2D eigenvalue weighted by molar-refractivity contribution is -0.134. The molecule has 1 nitrogen and oxygen atoms in total. The number of ketones is 1. The second kappa shape index (κ2) is 4.65. The van der Waals surface area contributed by atoms with Gasteiger partial charge in [-0.15, -0.1) is 0 Å². The predicted molar refractivity (Wildman–Crippen MR) is 74.2 cm³/mol. The molecule has 0 saturated heterocycles. The fraction of sp³-hybridized carbons (Fsp3) is 0.941. The summed E-state index contributed by atoms with van der Waals surface area (Å²) in [5.41, 5.74) is 0. The Balaban J connectivity index is 1.92. The quantitative estimate of drug-likeness (QED) is 0.624. The second-order valence-electron chi connectivity index (χ2n) is 7.60. The van der Waals surface area contributed by atoms with Gasteiger partial charge in [-0.1, -0.05) is 33.6 Å². The number of rotatable bonds is 0. The summed E-state index contributed by atoms with van der Waals surface area (Å²) in [6, 6.07) is 0. The van der Waals surface area contributed by atoms with Crippen LogP contribution in [-0.4, -0.2) is 5.78 Å². The SMILES string of the molecule is CC1CCC2C(C)CCC3C(C)C(=O)CC(C1)C23. The summed E-state index contributed by atoms with van der Waals surface area (Å²) in [5.74, 6) is 5.93. The molecule has 3 saturated carbocycles. The number of carbonyl (C=O) groups excluding carboxylic acids is 1. The van der Waals surface area contributed by atoms with Crippen molar-refractivity contribution in [2.24, 2.45) is 41.4 Å². The van der Waals surface area contributed by atoms with E-state index in [4.69, 9.17) is 0 Å². The Morgan fingerprint density at radius 3 is 2.44 bits per heavy atom. The third kappa shape index (κ3) is 1.94. The molecule has 0 N–H and O–H groups in total. The first-order valence-electron chi connectivity index (χ1n) is 8.10. The molecule has 102 valence electrons. The molecule has 18 heavy (non-hydrogen) atoms. The lowest BCUT2D eigenvalue weighted by Gasteiger charge is -2.50. The predicted octanol–water partition coefficient (Wildman–Crippen LogP) is 4.31. The zero-order valence-corrected chi connectivity index (χ0v) is 12.2. The van der Waals surface area contributed by atoms with Crippen molar-refractivity contribution in [3.8, 4) is 0 Å². The van der Waals surface area contributed by atoms with Crippen molar-refractivity contribution in [1.29, 1.82) is 0 Å². The van der Waals surface area contributed by atoms with Gasteiger partial charge in [-0.05, 0) is 54.8 Å². The Hall–Kier alpha value is -0.330. The molecular weight excluding hydrogens is 220 g/mol. The summed E-state index contributed by atoms with van der Waals surface area (Å²) in [5, 5.41) is 0. The zero-order chi connectivity index (χ0) is 12.9. The maximum atomic E-state index is 12.2. The van der Waals surface area contributed by atoms with Gasteiger partial charge in [0.1, 0.15) is 5.78 Å². The largest absolute Gasteiger partial charge is 0.299 e. The van der Waals surface area contributed by atoms with Gasteiger partial charge >= 0.3 is 0 Å². The molecule has 0 bridgehead atoms. The van der Waals surface area contributed by atoms with E-state index >= 15 is 0 Å². The third-order valence-corrected chi connectivity index (χ3v) is 6.53. The topological polar surface area (TPSA) is 17.1 Å². The average molecular weight is 248 g/mol. The maximum Gasteiger partial charge on any atom is 0.136 e. The molecule has 0 amide bonds. The number of hydrogen-bond acceptors (Lipinski definition) is 1. The summed E-state index contributed by atoms with van der Waals surface area (Å²) >= 11 is 0. The lowest BCUT2D eigenvalue weighted by Crippen LogP contribution is -2.46. The van der Waals surface area contributed by atoms with Gasteiger partial charge in [-0.25, -0.2) is 0 Å². The summed E-state index contributed by atoms with van der Waals surface area (Å²) in [4.78, 5) is 12.2. The normalized spacial score (nSPS) is 52.6. The van der Waals surface area contributed by atoms with Crippen molar-refractivity contribution in [2.75, 3.05) is 0 Å². The highest BCUT2D eigenvalue weighted by Crippen LogP contribution is 2.54. The van der Waals surface area contributed by atoms with E-state index in [1.807, 2.05) is 0 Å². The van der Waals surface area contributed by atoms with Crippen LogP contribution >= 0.6 is 0 Å². The Morgan fingerprint density at radius 2 is 1.67 bits per heavy atom. The first-order chi connectivity index (χ1) is 8.58. The third-order valence-electron chi connectivity index (χ3n) is 6.53. The molecule has 7 atom stereocenters. The molecule has 0 heterocycles. The Morgan fingerprint density at radius 1 is 0.944 bits per heavy atom. The van der Waals surface area contributed by atoms with Gasteiger partial charge < -0.3 is 0 Å². The maximum absolute atomic E-state index is 12.2. The van der Waals surface area contributed by atoms with Gasteiger partial charge in [0.15, 0.2) is 0 Å². The van der Waals surface area contributed by atoms with Crippen LogP contribution in [0.15, 0.2) is 0 Å². The smallest absolute Gasteiger partial charge is 0.136 e. The second-order valence-corrected chi connectivity index (χ2v) is 7.60. The molecule has 3 aliphatic carbocycles.